The fourth-order valence-electron chi connectivity index (χ4n) is 2.32. The van der Waals surface area contributed by atoms with Crippen molar-refractivity contribution in [1.29, 1.82) is 0 Å². The van der Waals surface area contributed by atoms with Crippen LogP contribution in [-0.2, 0) is 6.42 Å². The maximum atomic E-state index is 12.2. The molecule has 0 atom stereocenters. The highest BCUT2D eigenvalue weighted by Crippen LogP contribution is 2.17. The summed E-state index contributed by atoms with van der Waals surface area (Å²) in [6, 6.07) is 13.7. The van der Waals surface area contributed by atoms with Gasteiger partial charge in [-0.15, -0.1) is 0 Å². The molecule has 0 N–H and O–H groups in total. The van der Waals surface area contributed by atoms with Crippen LogP contribution in [0.15, 0.2) is 42.5 Å². The third kappa shape index (κ3) is 3.47. The van der Waals surface area contributed by atoms with Gasteiger partial charge in [0.25, 0.3) is 0 Å². The molecule has 0 aliphatic carbocycles. The van der Waals surface area contributed by atoms with Gasteiger partial charge >= 0.3 is 0 Å². The number of aryl methyl sites for hydroxylation is 3. The predicted molar refractivity (Wildman–Crippen MR) is 81.6 cm³/mol. The normalized spacial score (nSPS) is 10.3. The Morgan fingerprint density at radius 2 is 1.90 bits per heavy atom. The van der Waals surface area contributed by atoms with E-state index in [0.29, 0.717) is 12.0 Å². The molecule has 2 heteroatoms. The van der Waals surface area contributed by atoms with Gasteiger partial charge in [0.2, 0.25) is 0 Å². The summed E-state index contributed by atoms with van der Waals surface area (Å²) in [5, 5.41) is 0. The van der Waals surface area contributed by atoms with Crippen molar-refractivity contribution in [3.05, 3.63) is 64.7 Å². The van der Waals surface area contributed by atoms with Crippen LogP contribution in [0.4, 0.5) is 0 Å². The van der Waals surface area contributed by atoms with E-state index in [1.54, 1.807) is 13.2 Å². The zero-order chi connectivity index (χ0) is 14.5. The molecule has 0 spiro atoms. The number of methoxy groups -OCH3 is 1. The quantitative estimate of drug-likeness (QED) is 0.762. The number of ether oxygens (including phenoxy) is 1. The number of benzene rings is 2. The van der Waals surface area contributed by atoms with E-state index < -0.39 is 0 Å². The monoisotopic (exact) mass is 268 g/mol. The van der Waals surface area contributed by atoms with Gasteiger partial charge in [-0.3, -0.25) is 4.79 Å². The number of Topliss-reactive ketones (excluding diaryl/α,β-unsaturated/α-hetero) is 1. The third-order valence-corrected chi connectivity index (χ3v) is 3.51. The number of ketones is 1. The average molecular weight is 268 g/mol. The molecule has 2 rings (SSSR count). The average Bonchev–Trinajstić information content (AvgIpc) is 2.46. The number of hydrogen-bond acceptors (Lipinski definition) is 2. The van der Waals surface area contributed by atoms with Gasteiger partial charge in [0.1, 0.15) is 5.75 Å². The molecule has 104 valence electrons. The second kappa shape index (κ2) is 6.38. The van der Waals surface area contributed by atoms with Crippen LogP contribution in [-0.4, -0.2) is 12.9 Å². The van der Waals surface area contributed by atoms with E-state index in [0.717, 1.165) is 12.2 Å². The lowest BCUT2D eigenvalue weighted by molar-refractivity contribution is 0.0982. The molecule has 0 aromatic heterocycles. The maximum absolute atomic E-state index is 12.2. The smallest absolute Gasteiger partial charge is 0.163 e. The first-order valence-electron chi connectivity index (χ1n) is 6.83. The van der Waals surface area contributed by atoms with Gasteiger partial charge < -0.3 is 4.74 Å². The molecule has 0 radical (unpaired) electrons. The molecule has 0 aliphatic heterocycles. The summed E-state index contributed by atoms with van der Waals surface area (Å²) in [6.07, 6.45) is 1.30. The van der Waals surface area contributed by atoms with Gasteiger partial charge in [-0.2, -0.15) is 0 Å². The minimum atomic E-state index is 0.156. The standard InChI is InChI=1S/C18H20O2/c1-13-7-8-15(14(2)11-13)9-10-18(19)16-5-4-6-17(12-16)20-3/h4-8,11-12H,9-10H2,1-3H3. The molecular formula is C18H20O2. The van der Waals surface area contributed by atoms with E-state index in [1.165, 1.54) is 16.7 Å². The third-order valence-electron chi connectivity index (χ3n) is 3.51. The maximum Gasteiger partial charge on any atom is 0.163 e. The Labute approximate surface area is 120 Å². The van der Waals surface area contributed by atoms with Gasteiger partial charge in [-0.05, 0) is 43.5 Å². The molecule has 0 fully saturated rings. The van der Waals surface area contributed by atoms with E-state index >= 15 is 0 Å². The summed E-state index contributed by atoms with van der Waals surface area (Å²) in [6.45, 7) is 4.18. The molecule has 2 nitrogen and oxygen atoms in total. The van der Waals surface area contributed by atoms with Crippen LogP contribution in [0.3, 0.4) is 0 Å². The summed E-state index contributed by atoms with van der Waals surface area (Å²) in [7, 11) is 1.61. The molecular weight excluding hydrogens is 248 g/mol. The zero-order valence-electron chi connectivity index (χ0n) is 12.3. The molecule has 0 unspecified atom stereocenters. The summed E-state index contributed by atoms with van der Waals surface area (Å²) < 4.78 is 5.15. The van der Waals surface area contributed by atoms with E-state index in [1.807, 2.05) is 18.2 Å². The van der Waals surface area contributed by atoms with Gasteiger partial charge in [0.15, 0.2) is 5.78 Å². The van der Waals surface area contributed by atoms with Crippen molar-refractivity contribution < 1.29 is 9.53 Å². The van der Waals surface area contributed by atoms with Crippen LogP contribution in [0.1, 0.15) is 33.5 Å². The summed E-state index contributed by atoms with van der Waals surface area (Å²) in [5.74, 6) is 0.881. The topological polar surface area (TPSA) is 26.3 Å². The molecule has 2 aromatic rings. The number of carbonyl (C=O) groups excluding carboxylic acids is 1. The van der Waals surface area contributed by atoms with Crippen molar-refractivity contribution >= 4 is 5.78 Å². The van der Waals surface area contributed by atoms with Crippen LogP contribution in [0.5, 0.6) is 5.75 Å². The Balaban J connectivity index is 2.04. The van der Waals surface area contributed by atoms with Crippen molar-refractivity contribution in [3.63, 3.8) is 0 Å². The predicted octanol–water partition coefficient (Wildman–Crippen LogP) is 4.13. The van der Waals surface area contributed by atoms with E-state index in [-0.39, 0.29) is 5.78 Å². The van der Waals surface area contributed by atoms with Crippen LogP contribution in [0, 0.1) is 13.8 Å². The SMILES string of the molecule is COc1cccc(C(=O)CCc2ccc(C)cc2C)c1. The Bertz CT molecular complexity index is 615. The van der Waals surface area contributed by atoms with Crippen LogP contribution in [0.2, 0.25) is 0 Å². The Hall–Kier alpha value is -2.09. The first kappa shape index (κ1) is 14.3. The van der Waals surface area contributed by atoms with Gasteiger partial charge in [-0.25, -0.2) is 0 Å². The highest BCUT2D eigenvalue weighted by Gasteiger charge is 2.08. The van der Waals surface area contributed by atoms with Gasteiger partial charge in [0, 0.05) is 12.0 Å². The number of hydrogen-bond donors (Lipinski definition) is 0. The van der Waals surface area contributed by atoms with Crippen molar-refractivity contribution in [2.24, 2.45) is 0 Å². The van der Waals surface area contributed by atoms with E-state index in [9.17, 15) is 4.79 Å². The lowest BCUT2D eigenvalue weighted by Gasteiger charge is -2.07. The number of rotatable bonds is 5. The lowest BCUT2D eigenvalue weighted by atomic mass is 9.98. The van der Waals surface area contributed by atoms with Gasteiger partial charge in [0.05, 0.1) is 7.11 Å². The molecule has 0 aliphatic rings. The molecule has 0 heterocycles. The fraction of sp³-hybridized carbons (Fsp3) is 0.278. The second-order valence-corrected chi connectivity index (χ2v) is 5.09. The minimum Gasteiger partial charge on any atom is -0.497 e. The summed E-state index contributed by atoms with van der Waals surface area (Å²) >= 11 is 0. The van der Waals surface area contributed by atoms with Crippen molar-refractivity contribution in [3.8, 4) is 5.75 Å². The highest BCUT2D eigenvalue weighted by molar-refractivity contribution is 5.96. The summed E-state index contributed by atoms with van der Waals surface area (Å²) in [5.41, 5.74) is 4.47. The van der Waals surface area contributed by atoms with E-state index in [4.69, 9.17) is 4.74 Å². The number of carbonyl (C=O) groups is 1. The van der Waals surface area contributed by atoms with Gasteiger partial charge in [-0.1, -0.05) is 35.9 Å². The second-order valence-electron chi connectivity index (χ2n) is 5.09. The van der Waals surface area contributed by atoms with Crippen molar-refractivity contribution in [2.45, 2.75) is 26.7 Å². The van der Waals surface area contributed by atoms with Crippen molar-refractivity contribution in [1.82, 2.24) is 0 Å². The molecule has 0 saturated heterocycles. The largest absolute Gasteiger partial charge is 0.497 e. The molecule has 20 heavy (non-hydrogen) atoms. The van der Waals surface area contributed by atoms with Crippen LogP contribution < -0.4 is 4.74 Å². The first-order valence-corrected chi connectivity index (χ1v) is 6.83. The van der Waals surface area contributed by atoms with Crippen LogP contribution >= 0.6 is 0 Å². The Morgan fingerprint density at radius 3 is 2.60 bits per heavy atom. The Kier molecular flexibility index (Phi) is 4.57. The van der Waals surface area contributed by atoms with Crippen molar-refractivity contribution in [2.75, 3.05) is 7.11 Å². The van der Waals surface area contributed by atoms with E-state index in [2.05, 4.69) is 32.0 Å². The summed E-state index contributed by atoms with van der Waals surface area (Å²) in [4.78, 5) is 12.2. The fourth-order valence-corrected chi connectivity index (χ4v) is 2.32. The highest BCUT2D eigenvalue weighted by atomic mass is 16.5. The molecule has 2 aromatic carbocycles. The molecule has 0 bridgehead atoms. The molecule has 0 saturated carbocycles. The minimum absolute atomic E-state index is 0.156. The molecule has 0 amide bonds. The van der Waals surface area contributed by atoms with Crippen LogP contribution in [0.25, 0.3) is 0 Å². The zero-order valence-corrected chi connectivity index (χ0v) is 12.3. The Morgan fingerprint density at radius 1 is 1.10 bits per heavy atom. The lowest BCUT2D eigenvalue weighted by Crippen LogP contribution is -2.02. The first-order chi connectivity index (χ1) is 9.60.